The van der Waals surface area contributed by atoms with E-state index in [1.165, 1.54) is 6.07 Å². The lowest BCUT2D eigenvalue weighted by molar-refractivity contribution is 0.0955. The molecule has 0 aliphatic carbocycles. The minimum atomic E-state index is -0.305. The van der Waals surface area contributed by atoms with E-state index in [-0.39, 0.29) is 11.6 Å². The molecule has 3 heteroatoms. The summed E-state index contributed by atoms with van der Waals surface area (Å²) in [6, 6.07) is 5.15. The Morgan fingerprint density at radius 3 is 2.53 bits per heavy atom. The molecule has 0 aliphatic rings. The predicted molar refractivity (Wildman–Crippen MR) is 77.1 cm³/mol. The zero-order valence-electron chi connectivity index (χ0n) is 12.4. The Bertz CT molecular complexity index is 429. The molecule has 0 aromatic heterocycles. The zero-order chi connectivity index (χ0) is 14.4. The van der Waals surface area contributed by atoms with Crippen LogP contribution >= 0.6 is 0 Å². The Labute approximate surface area is 115 Å². The Morgan fingerprint density at radius 2 is 2.00 bits per heavy atom. The standard InChI is InChI=1S/C16H24FNO/c1-5-9-18(12(2)3)10-8-16(19)14-7-6-13(4)15(17)11-14/h6-7,11-12H,5,8-10H2,1-4H3. The maximum atomic E-state index is 13.4. The SMILES string of the molecule is CCCN(CCC(=O)c1ccc(C)c(F)c1)C(C)C. The highest BCUT2D eigenvalue weighted by atomic mass is 19.1. The first kappa shape index (κ1) is 15.8. The average molecular weight is 265 g/mol. The molecule has 19 heavy (non-hydrogen) atoms. The largest absolute Gasteiger partial charge is 0.300 e. The van der Waals surface area contributed by atoms with Gasteiger partial charge in [-0.1, -0.05) is 19.1 Å². The van der Waals surface area contributed by atoms with Crippen LogP contribution in [0.15, 0.2) is 18.2 Å². The van der Waals surface area contributed by atoms with E-state index in [0.717, 1.165) is 19.5 Å². The molecule has 1 aromatic rings. The fraction of sp³-hybridized carbons (Fsp3) is 0.562. The van der Waals surface area contributed by atoms with Gasteiger partial charge in [-0.3, -0.25) is 4.79 Å². The van der Waals surface area contributed by atoms with Crippen LogP contribution in [0.4, 0.5) is 4.39 Å². The number of hydrogen-bond donors (Lipinski definition) is 0. The van der Waals surface area contributed by atoms with Crippen molar-refractivity contribution in [1.29, 1.82) is 0 Å². The van der Waals surface area contributed by atoms with Gasteiger partial charge in [-0.05, 0) is 45.4 Å². The van der Waals surface area contributed by atoms with E-state index >= 15 is 0 Å². The molecule has 0 saturated carbocycles. The number of carbonyl (C=O) groups is 1. The number of Topliss-reactive ketones (excluding diaryl/α,β-unsaturated/α-hetero) is 1. The third-order valence-corrected chi connectivity index (χ3v) is 3.36. The Morgan fingerprint density at radius 1 is 1.32 bits per heavy atom. The second kappa shape index (κ2) is 7.39. The third kappa shape index (κ3) is 4.75. The summed E-state index contributed by atoms with van der Waals surface area (Å²) in [6.45, 7) is 9.82. The Balaban J connectivity index is 2.61. The van der Waals surface area contributed by atoms with Crippen molar-refractivity contribution < 1.29 is 9.18 Å². The van der Waals surface area contributed by atoms with Crippen molar-refractivity contribution in [3.8, 4) is 0 Å². The van der Waals surface area contributed by atoms with Gasteiger partial charge in [0, 0.05) is 24.6 Å². The molecule has 0 amide bonds. The molecular weight excluding hydrogens is 241 g/mol. The van der Waals surface area contributed by atoms with Crippen molar-refractivity contribution in [2.45, 2.75) is 46.6 Å². The summed E-state index contributed by atoms with van der Waals surface area (Å²) in [5.74, 6) is -0.291. The molecule has 1 rings (SSSR count). The molecule has 0 N–H and O–H groups in total. The van der Waals surface area contributed by atoms with Crippen LogP contribution < -0.4 is 0 Å². The molecular formula is C16H24FNO. The van der Waals surface area contributed by atoms with Crippen molar-refractivity contribution in [3.05, 3.63) is 35.1 Å². The van der Waals surface area contributed by atoms with E-state index in [4.69, 9.17) is 0 Å². The number of aryl methyl sites for hydroxylation is 1. The summed E-state index contributed by atoms with van der Waals surface area (Å²) in [4.78, 5) is 14.3. The van der Waals surface area contributed by atoms with Gasteiger partial charge in [0.15, 0.2) is 5.78 Å². The minimum absolute atomic E-state index is 0.0145. The molecule has 106 valence electrons. The van der Waals surface area contributed by atoms with Crippen LogP contribution in [0.2, 0.25) is 0 Å². The number of nitrogens with zero attached hydrogens (tertiary/aromatic N) is 1. The highest BCUT2D eigenvalue weighted by Gasteiger charge is 2.13. The van der Waals surface area contributed by atoms with Gasteiger partial charge in [0.25, 0.3) is 0 Å². The molecule has 2 nitrogen and oxygen atoms in total. The number of halogens is 1. The van der Waals surface area contributed by atoms with Crippen molar-refractivity contribution in [1.82, 2.24) is 4.90 Å². The number of ketones is 1. The smallest absolute Gasteiger partial charge is 0.164 e. The first-order chi connectivity index (χ1) is 8.95. The summed E-state index contributed by atoms with van der Waals surface area (Å²) in [5, 5.41) is 0. The second-order valence-corrected chi connectivity index (χ2v) is 5.27. The Kier molecular flexibility index (Phi) is 6.16. The number of carbonyl (C=O) groups excluding carboxylic acids is 1. The molecule has 0 bridgehead atoms. The molecule has 1 aromatic carbocycles. The maximum absolute atomic E-state index is 13.4. The summed E-state index contributed by atoms with van der Waals surface area (Å²) >= 11 is 0. The lowest BCUT2D eigenvalue weighted by atomic mass is 10.1. The van der Waals surface area contributed by atoms with Gasteiger partial charge in [0.05, 0.1) is 0 Å². The van der Waals surface area contributed by atoms with Gasteiger partial charge in [-0.25, -0.2) is 4.39 Å². The van der Waals surface area contributed by atoms with Gasteiger partial charge >= 0.3 is 0 Å². The van der Waals surface area contributed by atoms with Gasteiger partial charge < -0.3 is 4.90 Å². The lowest BCUT2D eigenvalue weighted by Gasteiger charge is -2.25. The van der Waals surface area contributed by atoms with E-state index in [9.17, 15) is 9.18 Å². The summed E-state index contributed by atoms with van der Waals surface area (Å²) in [6.07, 6.45) is 1.52. The van der Waals surface area contributed by atoms with Crippen LogP contribution in [-0.4, -0.2) is 29.8 Å². The van der Waals surface area contributed by atoms with Crippen LogP contribution in [0.25, 0.3) is 0 Å². The minimum Gasteiger partial charge on any atom is -0.300 e. The van der Waals surface area contributed by atoms with Gasteiger partial charge in [0.1, 0.15) is 5.82 Å². The molecule has 0 aliphatic heterocycles. The van der Waals surface area contributed by atoms with Crippen molar-refractivity contribution >= 4 is 5.78 Å². The third-order valence-electron chi connectivity index (χ3n) is 3.36. The predicted octanol–water partition coefficient (Wildman–Crippen LogP) is 3.83. The highest BCUT2D eigenvalue weighted by Crippen LogP contribution is 2.12. The number of rotatable bonds is 7. The molecule has 0 heterocycles. The van der Waals surface area contributed by atoms with E-state index in [0.29, 0.717) is 23.6 Å². The molecule has 0 fully saturated rings. The molecule has 0 saturated heterocycles. The fourth-order valence-electron chi connectivity index (χ4n) is 2.07. The van der Waals surface area contributed by atoms with Gasteiger partial charge in [-0.15, -0.1) is 0 Å². The summed E-state index contributed by atoms with van der Waals surface area (Å²) < 4.78 is 13.4. The molecule has 0 spiro atoms. The van der Waals surface area contributed by atoms with E-state index in [1.54, 1.807) is 19.1 Å². The van der Waals surface area contributed by atoms with Crippen molar-refractivity contribution in [2.24, 2.45) is 0 Å². The zero-order valence-corrected chi connectivity index (χ0v) is 12.4. The summed E-state index contributed by atoms with van der Waals surface area (Å²) in [5.41, 5.74) is 1.05. The number of benzene rings is 1. The quantitative estimate of drug-likeness (QED) is 0.698. The van der Waals surface area contributed by atoms with Gasteiger partial charge in [0.2, 0.25) is 0 Å². The van der Waals surface area contributed by atoms with E-state index < -0.39 is 0 Å². The lowest BCUT2D eigenvalue weighted by Crippen LogP contribution is -2.33. The van der Waals surface area contributed by atoms with Crippen LogP contribution in [-0.2, 0) is 0 Å². The van der Waals surface area contributed by atoms with Gasteiger partial charge in [-0.2, -0.15) is 0 Å². The molecule has 0 radical (unpaired) electrons. The van der Waals surface area contributed by atoms with Crippen LogP contribution in [0.1, 0.15) is 49.5 Å². The van der Waals surface area contributed by atoms with E-state index in [2.05, 4.69) is 25.7 Å². The maximum Gasteiger partial charge on any atom is 0.164 e. The second-order valence-electron chi connectivity index (χ2n) is 5.27. The molecule has 0 unspecified atom stereocenters. The first-order valence-electron chi connectivity index (χ1n) is 6.99. The van der Waals surface area contributed by atoms with Crippen molar-refractivity contribution in [3.63, 3.8) is 0 Å². The monoisotopic (exact) mass is 265 g/mol. The molecule has 0 atom stereocenters. The van der Waals surface area contributed by atoms with Crippen LogP contribution in [0.3, 0.4) is 0 Å². The van der Waals surface area contributed by atoms with Crippen molar-refractivity contribution in [2.75, 3.05) is 13.1 Å². The fourth-order valence-corrected chi connectivity index (χ4v) is 2.07. The Hall–Kier alpha value is -1.22. The number of hydrogen-bond acceptors (Lipinski definition) is 2. The summed E-state index contributed by atoms with van der Waals surface area (Å²) in [7, 11) is 0. The normalized spacial score (nSPS) is 11.3. The van der Waals surface area contributed by atoms with E-state index in [1.807, 2.05) is 0 Å². The van der Waals surface area contributed by atoms with Crippen LogP contribution in [0.5, 0.6) is 0 Å². The first-order valence-corrected chi connectivity index (χ1v) is 6.99. The average Bonchev–Trinajstić information content (AvgIpc) is 2.37. The highest BCUT2D eigenvalue weighted by molar-refractivity contribution is 5.96. The topological polar surface area (TPSA) is 20.3 Å². The van der Waals surface area contributed by atoms with Crippen LogP contribution in [0, 0.1) is 12.7 Å².